The van der Waals surface area contributed by atoms with Crippen LogP contribution in [0.5, 0.6) is 5.75 Å². The van der Waals surface area contributed by atoms with Crippen molar-refractivity contribution >= 4 is 5.97 Å². The first-order valence-electron chi connectivity index (χ1n) is 7.70. The summed E-state index contributed by atoms with van der Waals surface area (Å²) < 4.78 is 10.2. The number of rotatable bonds is 7. The van der Waals surface area contributed by atoms with Gasteiger partial charge < -0.3 is 14.6 Å². The number of hydrogen-bond donors (Lipinski definition) is 1. The number of methoxy groups -OCH3 is 1. The molecule has 0 spiro atoms. The number of aliphatic hydroxyl groups is 1. The Balaban J connectivity index is 2.17. The Morgan fingerprint density at radius 1 is 1.13 bits per heavy atom. The molecule has 1 atom stereocenters. The normalized spacial score (nSPS) is 11.8. The van der Waals surface area contributed by atoms with Crippen molar-refractivity contribution in [1.82, 2.24) is 0 Å². The van der Waals surface area contributed by atoms with E-state index < -0.39 is 12.1 Å². The number of hydrogen-bond acceptors (Lipinski definition) is 4. The zero-order valence-electron chi connectivity index (χ0n) is 13.5. The van der Waals surface area contributed by atoms with Gasteiger partial charge in [0.25, 0.3) is 0 Å². The van der Waals surface area contributed by atoms with Crippen molar-refractivity contribution in [1.29, 1.82) is 0 Å². The molecule has 0 aliphatic rings. The van der Waals surface area contributed by atoms with Gasteiger partial charge in [0.05, 0.1) is 26.2 Å². The number of ether oxygens (including phenoxy) is 2. The van der Waals surface area contributed by atoms with Crippen LogP contribution in [0.25, 0.3) is 11.1 Å². The lowest BCUT2D eigenvalue weighted by atomic mass is 9.98. The fourth-order valence-corrected chi connectivity index (χ4v) is 2.49. The first-order valence-corrected chi connectivity index (χ1v) is 7.70. The van der Waals surface area contributed by atoms with Crippen LogP contribution in [0.2, 0.25) is 0 Å². The predicted molar refractivity (Wildman–Crippen MR) is 89.4 cm³/mol. The molecule has 0 radical (unpaired) electrons. The fraction of sp³-hybridized carbons (Fsp3) is 0.316. The van der Waals surface area contributed by atoms with Crippen molar-refractivity contribution in [3.63, 3.8) is 0 Å². The van der Waals surface area contributed by atoms with Crippen LogP contribution in [0.15, 0.2) is 48.5 Å². The van der Waals surface area contributed by atoms with Crippen LogP contribution >= 0.6 is 0 Å². The molecule has 122 valence electrons. The van der Waals surface area contributed by atoms with E-state index in [0.717, 1.165) is 16.7 Å². The van der Waals surface area contributed by atoms with Crippen molar-refractivity contribution in [2.75, 3.05) is 13.7 Å². The van der Waals surface area contributed by atoms with Gasteiger partial charge in [-0.3, -0.25) is 4.79 Å². The van der Waals surface area contributed by atoms with Crippen LogP contribution in [0.1, 0.15) is 18.9 Å². The Labute approximate surface area is 136 Å². The highest BCUT2D eigenvalue weighted by atomic mass is 16.5. The second kappa shape index (κ2) is 8.34. The van der Waals surface area contributed by atoms with E-state index in [4.69, 9.17) is 9.47 Å². The topological polar surface area (TPSA) is 55.8 Å². The molecule has 2 aromatic carbocycles. The molecule has 23 heavy (non-hydrogen) atoms. The fourth-order valence-electron chi connectivity index (χ4n) is 2.49. The number of carbonyl (C=O) groups is 1. The van der Waals surface area contributed by atoms with E-state index in [1.165, 1.54) is 0 Å². The lowest BCUT2D eigenvalue weighted by Crippen LogP contribution is -2.18. The molecule has 0 bridgehead atoms. The monoisotopic (exact) mass is 314 g/mol. The molecule has 2 rings (SSSR count). The van der Waals surface area contributed by atoms with E-state index in [1.54, 1.807) is 14.0 Å². The second-order valence-electron chi connectivity index (χ2n) is 5.26. The number of carbonyl (C=O) groups excluding carboxylic acids is 1. The van der Waals surface area contributed by atoms with E-state index in [-0.39, 0.29) is 6.42 Å². The first kappa shape index (κ1) is 17.0. The van der Waals surface area contributed by atoms with Gasteiger partial charge >= 0.3 is 5.97 Å². The zero-order chi connectivity index (χ0) is 16.7. The molecule has 0 saturated heterocycles. The number of benzene rings is 2. The minimum Gasteiger partial charge on any atom is -0.496 e. The largest absolute Gasteiger partial charge is 0.496 e. The Bertz CT molecular complexity index is 637. The standard InChI is InChI=1S/C19H22O4/c1-3-23-19(21)13-17(20)12-16-11-15(9-10-18(16)22-2)14-7-5-4-6-8-14/h4-11,17,20H,3,12-13H2,1-2H3/t17-/m0/s1. The Morgan fingerprint density at radius 3 is 2.52 bits per heavy atom. The Hall–Kier alpha value is -2.33. The van der Waals surface area contributed by atoms with Gasteiger partial charge in [-0.05, 0) is 35.7 Å². The van der Waals surface area contributed by atoms with Gasteiger partial charge in [-0.2, -0.15) is 0 Å². The molecule has 1 N–H and O–H groups in total. The maximum atomic E-state index is 11.5. The highest BCUT2D eigenvalue weighted by Crippen LogP contribution is 2.27. The molecule has 0 aliphatic heterocycles. The van der Waals surface area contributed by atoms with Gasteiger partial charge in [0, 0.05) is 6.42 Å². The van der Waals surface area contributed by atoms with Crippen LogP contribution in [0.4, 0.5) is 0 Å². The molecular weight excluding hydrogens is 292 g/mol. The van der Waals surface area contributed by atoms with E-state index in [2.05, 4.69) is 0 Å². The summed E-state index contributed by atoms with van der Waals surface area (Å²) in [5, 5.41) is 10.1. The zero-order valence-corrected chi connectivity index (χ0v) is 13.5. The van der Waals surface area contributed by atoms with Gasteiger partial charge in [0.2, 0.25) is 0 Å². The van der Waals surface area contributed by atoms with E-state index in [0.29, 0.717) is 18.8 Å². The van der Waals surface area contributed by atoms with Gasteiger partial charge in [0.1, 0.15) is 5.75 Å². The summed E-state index contributed by atoms with van der Waals surface area (Å²) in [5.41, 5.74) is 3.01. The van der Waals surface area contributed by atoms with Gasteiger partial charge in [-0.15, -0.1) is 0 Å². The third-order valence-corrected chi connectivity index (χ3v) is 3.55. The van der Waals surface area contributed by atoms with E-state index in [1.807, 2.05) is 48.5 Å². The molecular formula is C19H22O4. The summed E-state index contributed by atoms with van der Waals surface area (Å²) in [6, 6.07) is 15.8. The number of aliphatic hydroxyl groups excluding tert-OH is 1. The van der Waals surface area contributed by atoms with Crippen LogP contribution in [0.3, 0.4) is 0 Å². The third-order valence-electron chi connectivity index (χ3n) is 3.55. The highest BCUT2D eigenvalue weighted by Gasteiger charge is 2.15. The quantitative estimate of drug-likeness (QED) is 0.797. The molecule has 0 aromatic heterocycles. The summed E-state index contributed by atoms with van der Waals surface area (Å²) in [4.78, 5) is 11.5. The van der Waals surface area contributed by atoms with Crippen molar-refractivity contribution in [2.24, 2.45) is 0 Å². The molecule has 0 unspecified atom stereocenters. The van der Waals surface area contributed by atoms with Crippen LogP contribution < -0.4 is 4.74 Å². The van der Waals surface area contributed by atoms with Gasteiger partial charge in [-0.25, -0.2) is 0 Å². The van der Waals surface area contributed by atoms with Crippen molar-refractivity contribution in [3.05, 3.63) is 54.1 Å². The average molecular weight is 314 g/mol. The van der Waals surface area contributed by atoms with Gasteiger partial charge in [-0.1, -0.05) is 36.4 Å². The molecule has 0 saturated carbocycles. The Morgan fingerprint density at radius 2 is 1.87 bits per heavy atom. The van der Waals surface area contributed by atoms with Crippen LogP contribution in [-0.4, -0.2) is 30.9 Å². The van der Waals surface area contributed by atoms with Gasteiger partial charge in [0.15, 0.2) is 0 Å². The maximum absolute atomic E-state index is 11.5. The van der Waals surface area contributed by atoms with E-state index >= 15 is 0 Å². The molecule has 0 heterocycles. The lowest BCUT2D eigenvalue weighted by molar-refractivity contribution is -0.145. The minimum atomic E-state index is -0.797. The summed E-state index contributed by atoms with van der Waals surface area (Å²) in [5.74, 6) is 0.311. The molecule has 4 nitrogen and oxygen atoms in total. The lowest BCUT2D eigenvalue weighted by Gasteiger charge is -2.14. The number of esters is 1. The minimum absolute atomic E-state index is 0.0213. The first-order chi connectivity index (χ1) is 11.1. The summed E-state index contributed by atoms with van der Waals surface area (Å²) in [7, 11) is 1.60. The molecule has 2 aromatic rings. The molecule has 0 fully saturated rings. The molecule has 0 aliphatic carbocycles. The SMILES string of the molecule is CCOC(=O)C[C@@H](O)Cc1cc(-c2ccccc2)ccc1OC. The average Bonchev–Trinajstić information content (AvgIpc) is 2.55. The molecule has 0 amide bonds. The van der Waals surface area contributed by atoms with E-state index in [9.17, 15) is 9.90 Å². The summed E-state index contributed by atoms with van der Waals surface area (Å²) >= 11 is 0. The van der Waals surface area contributed by atoms with Crippen LogP contribution in [0, 0.1) is 0 Å². The molecule has 4 heteroatoms. The highest BCUT2D eigenvalue weighted by molar-refractivity contribution is 5.70. The summed E-state index contributed by atoms with van der Waals surface area (Å²) in [6.07, 6.45) is -0.483. The second-order valence-corrected chi connectivity index (χ2v) is 5.26. The summed E-state index contributed by atoms with van der Waals surface area (Å²) in [6.45, 7) is 2.06. The maximum Gasteiger partial charge on any atom is 0.308 e. The van der Waals surface area contributed by atoms with Crippen molar-refractivity contribution in [3.8, 4) is 16.9 Å². The smallest absolute Gasteiger partial charge is 0.308 e. The Kier molecular flexibility index (Phi) is 6.18. The predicted octanol–water partition coefficient (Wildman–Crippen LogP) is 3.22. The third kappa shape index (κ3) is 4.83. The van der Waals surface area contributed by atoms with Crippen molar-refractivity contribution < 1.29 is 19.4 Å². The van der Waals surface area contributed by atoms with Crippen molar-refractivity contribution in [2.45, 2.75) is 25.9 Å². The van der Waals surface area contributed by atoms with Crippen LogP contribution in [-0.2, 0) is 16.0 Å².